The Morgan fingerprint density at radius 1 is 1.08 bits per heavy atom. The Kier molecular flexibility index (Phi) is 10.7. The third-order valence-corrected chi connectivity index (χ3v) is 4.02. The fourth-order valence-electron chi connectivity index (χ4n) is 2.72. The quantitative estimate of drug-likeness (QED) is 0.590. The van der Waals surface area contributed by atoms with Crippen molar-refractivity contribution in [1.29, 1.82) is 0 Å². The van der Waals surface area contributed by atoms with Crippen LogP contribution in [0.5, 0.6) is 5.75 Å². The maximum atomic E-state index is 12.7. The molecule has 1 aromatic rings. The minimum absolute atomic E-state index is 0.0351. The zero-order valence-corrected chi connectivity index (χ0v) is 16.6. The number of methoxy groups -OCH3 is 1. The first-order valence-corrected chi connectivity index (χ1v) is 8.97. The van der Waals surface area contributed by atoms with E-state index in [1.165, 1.54) is 13.8 Å². The van der Waals surface area contributed by atoms with Gasteiger partial charge in [0, 0.05) is 29.9 Å². The van der Waals surface area contributed by atoms with E-state index >= 15 is 0 Å². The van der Waals surface area contributed by atoms with Crippen molar-refractivity contribution in [2.45, 2.75) is 66.7 Å². The van der Waals surface area contributed by atoms with Crippen LogP contribution in [-0.2, 0) is 9.59 Å². The molecule has 140 valence electrons. The molecule has 0 saturated heterocycles. The van der Waals surface area contributed by atoms with Crippen molar-refractivity contribution >= 4 is 17.3 Å². The topological polar surface area (TPSA) is 60.4 Å². The fraction of sp³-hybridized carbons (Fsp3) is 0.571. The van der Waals surface area contributed by atoms with Gasteiger partial charge in [-0.2, -0.15) is 0 Å². The Morgan fingerprint density at radius 3 is 2.12 bits per heavy atom. The summed E-state index contributed by atoms with van der Waals surface area (Å²) in [6.07, 6.45) is 0.888. The van der Waals surface area contributed by atoms with Crippen molar-refractivity contribution < 1.29 is 19.1 Å². The van der Waals surface area contributed by atoms with E-state index in [1.54, 1.807) is 19.2 Å². The van der Waals surface area contributed by atoms with Gasteiger partial charge in [0.1, 0.15) is 17.3 Å². The van der Waals surface area contributed by atoms with Crippen molar-refractivity contribution in [3.63, 3.8) is 0 Å². The highest BCUT2D eigenvalue weighted by molar-refractivity contribution is 6.00. The van der Waals surface area contributed by atoms with E-state index in [1.807, 2.05) is 33.8 Å². The predicted octanol–water partition coefficient (Wildman–Crippen LogP) is 4.99. The second-order valence-electron chi connectivity index (χ2n) is 6.25. The van der Waals surface area contributed by atoms with E-state index in [-0.39, 0.29) is 29.7 Å². The van der Waals surface area contributed by atoms with Gasteiger partial charge in [-0.1, -0.05) is 39.8 Å². The van der Waals surface area contributed by atoms with Gasteiger partial charge >= 0.3 is 0 Å². The number of carbonyl (C=O) groups is 3. The average molecular weight is 348 g/mol. The van der Waals surface area contributed by atoms with Crippen LogP contribution in [0.1, 0.15) is 82.6 Å². The van der Waals surface area contributed by atoms with E-state index in [2.05, 4.69) is 0 Å². The van der Waals surface area contributed by atoms with Crippen LogP contribution in [-0.4, -0.2) is 24.5 Å². The van der Waals surface area contributed by atoms with Crippen molar-refractivity contribution in [2.75, 3.05) is 7.11 Å². The van der Waals surface area contributed by atoms with E-state index in [0.29, 0.717) is 24.2 Å². The molecule has 4 heteroatoms. The fourth-order valence-corrected chi connectivity index (χ4v) is 2.72. The maximum Gasteiger partial charge on any atom is 0.164 e. The van der Waals surface area contributed by atoms with Crippen molar-refractivity contribution in [2.24, 2.45) is 5.92 Å². The molecule has 0 saturated carbocycles. The van der Waals surface area contributed by atoms with Crippen LogP contribution >= 0.6 is 0 Å². The lowest BCUT2D eigenvalue weighted by Gasteiger charge is -2.18. The van der Waals surface area contributed by atoms with Crippen molar-refractivity contribution in [3.05, 3.63) is 29.3 Å². The van der Waals surface area contributed by atoms with Crippen LogP contribution in [0.4, 0.5) is 0 Å². The predicted molar refractivity (Wildman–Crippen MR) is 101 cm³/mol. The monoisotopic (exact) mass is 348 g/mol. The van der Waals surface area contributed by atoms with Gasteiger partial charge in [-0.25, -0.2) is 0 Å². The molecule has 1 atom stereocenters. The largest absolute Gasteiger partial charge is 0.496 e. The minimum atomic E-state index is -0.405. The molecule has 0 heterocycles. The third-order valence-electron chi connectivity index (χ3n) is 4.02. The molecule has 25 heavy (non-hydrogen) atoms. The van der Waals surface area contributed by atoms with Crippen LogP contribution in [0.3, 0.4) is 0 Å². The molecule has 4 nitrogen and oxygen atoms in total. The van der Waals surface area contributed by atoms with E-state index < -0.39 is 5.92 Å². The summed E-state index contributed by atoms with van der Waals surface area (Å²) in [7, 11) is 1.58. The molecule has 0 spiro atoms. The summed E-state index contributed by atoms with van der Waals surface area (Å²) in [5.41, 5.74) is 1.47. The molecular formula is C21H32O4. The van der Waals surface area contributed by atoms with E-state index in [9.17, 15) is 14.4 Å². The number of Topliss-reactive ketones (excluding diaryl/α,β-unsaturated/α-hetero) is 3. The first-order chi connectivity index (χ1) is 11.8. The molecule has 0 bridgehead atoms. The number of hydrogen-bond donors (Lipinski definition) is 0. The summed E-state index contributed by atoms with van der Waals surface area (Å²) >= 11 is 0. The van der Waals surface area contributed by atoms with Gasteiger partial charge < -0.3 is 9.53 Å². The molecule has 0 aliphatic heterocycles. The smallest absolute Gasteiger partial charge is 0.164 e. The molecule has 0 aliphatic carbocycles. The normalized spacial score (nSPS) is 11.4. The molecule has 1 unspecified atom stereocenters. The third kappa shape index (κ3) is 7.20. The zero-order valence-electron chi connectivity index (χ0n) is 16.6. The Bertz CT molecular complexity index is 588. The highest BCUT2D eigenvalue weighted by Gasteiger charge is 2.23. The molecule has 0 aromatic heterocycles. The van der Waals surface area contributed by atoms with Crippen molar-refractivity contribution in [3.8, 4) is 5.75 Å². The highest BCUT2D eigenvalue weighted by atomic mass is 16.5. The van der Waals surface area contributed by atoms with Crippen molar-refractivity contribution in [1.82, 2.24) is 0 Å². The number of benzene rings is 1. The average Bonchev–Trinajstić information content (AvgIpc) is 2.58. The van der Waals surface area contributed by atoms with Gasteiger partial charge in [0.25, 0.3) is 0 Å². The lowest BCUT2D eigenvalue weighted by Crippen LogP contribution is -2.18. The van der Waals surface area contributed by atoms with Crippen LogP contribution in [0.25, 0.3) is 0 Å². The molecule has 0 fully saturated rings. The molecule has 1 rings (SSSR count). The summed E-state index contributed by atoms with van der Waals surface area (Å²) in [5.74, 6) is 0.336. The summed E-state index contributed by atoms with van der Waals surface area (Å²) < 4.78 is 5.37. The molecule has 1 aromatic carbocycles. The Hall–Kier alpha value is -1.97. The lowest BCUT2D eigenvalue weighted by atomic mass is 9.87. The van der Waals surface area contributed by atoms with Gasteiger partial charge in [0.2, 0.25) is 0 Å². The van der Waals surface area contributed by atoms with Crippen LogP contribution < -0.4 is 4.74 Å². The number of rotatable bonds is 9. The van der Waals surface area contributed by atoms with Gasteiger partial charge in [0.15, 0.2) is 5.78 Å². The minimum Gasteiger partial charge on any atom is -0.496 e. The summed E-state index contributed by atoms with van der Waals surface area (Å²) in [4.78, 5) is 35.6. The van der Waals surface area contributed by atoms with Crippen LogP contribution in [0, 0.1) is 5.92 Å². The Morgan fingerprint density at radius 2 is 1.68 bits per heavy atom. The summed E-state index contributed by atoms with van der Waals surface area (Å²) in [6, 6.07) is 5.41. The van der Waals surface area contributed by atoms with E-state index in [4.69, 9.17) is 4.74 Å². The van der Waals surface area contributed by atoms with Gasteiger partial charge in [-0.3, -0.25) is 9.59 Å². The van der Waals surface area contributed by atoms with E-state index in [0.717, 1.165) is 5.56 Å². The highest BCUT2D eigenvalue weighted by Crippen LogP contribution is 2.31. The Labute approximate surface area is 152 Å². The summed E-state index contributed by atoms with van der Waals surface area (Å²) in [6.45, 7) is 11.0. The molecular weight excluding hydrogens is 316 g/mol. The first-order valence-electron chi connectivity index (χ1n) is 8.97. The molecule has 0 N–H and O–H groups in total. The van der Waals surface area contributed by atoms with Crippen LogP contribution in [0.15, 0.2) is 18.2 Å². The molecule has 0 amide bonds. The Balaban J connectivity index is 0.00000277. The zero-order chi connectivity index (χ0) is 19.6. The first kappa shape index (κ1) is 23.0. The van der Waals surface area contributed by atoms with Gasteiger partial charge in [0.05, 0.1) is 7.11 Å². The maximum absolute atomic E-state index is 12.7. The molecule has 0 aliphatic rings. The number of ether oxygens (including phenoxy) is 1. The van der Waals surface area contributed by atoms with Crippen LogP contribution in [0.2, 0.25) is 0 Å². The second kappa shape index (κ2) is 11.6. The van der Waals surface area contributed by atoms with Gasteiger partial charge in [-0.15, -0.1) is 0 Å². The standard InChI is InChI=1S/C19H26O4.C2H6/c1-12(2)19-16(7-6-8-18(19)23-5)17(22)11-15(14(4)21)10-9-13(3)20;1-2/h6-8,12,15H,9-11H2,1-5H3;1-2H3. The number of ketones is 3. The summed E-state index contributed by atoms with van der Waals surface area (Å²) in [5, 5.41) is 0. The number of hydrogen-bond acceptors (Lipinski definition) is 4. The molecule has 0 radical (unpaired) electrons. The SMILES string of the molecule is CC.COc1cccc(C(=O)CC(CCC(C)=O)C(C)=O)c1C(C)C. The number of carbonyl (C=O) groups excluding carboxylic acids is 3. The lowest BCUT2D eigenvalue weighted by molar-refractivity contribution is -0.121. The van der Waals surface area contributed by atoms with Gasteiger partial charge in [-0.05, 0) is 32.3 Å². The second-order valence-corrected chi connectivity index (χ2v) is 6.25.